The number of hydrogen-bond donors (Lipinski definition) is 1. The number of methoxy groups -OCH3 is 1. The average Bonchev–Trinajstić information content (AvgIpc) is 2.67. The Hall–Kier alpha value is -2.92. The summed E-state index contributed by atoms with van der Waals surface area (Å²) in [5.74, 6) is 0.877. The minimum Gasteiger partial charge on any atom is -0.496 e. The highest BCUT2D eigenvalue weighted by Crippen LogP contribution is 2.25. The van der Waals surface area contributed by atoms with Crippen molar-refractivity contribution < 1.29 is 9.53 Å². The molecule has 1 N–H and O–H groups in total. The second-order valence-electron chi connectivity index (χ2n) is 7.22. The van der Waals surface area contributed by atoms with Crippen molar-refractivity contribution in [2.45, 2.75) is 33.4 Å². The van der Waals surface area contributed by atoms with Crippen LogP contribution < -0.4 is 10.1 Å². The summed E-state index contributed by atoms with van der Waals surface area (Å²) < 4.78 is 5.44. The first-order valence-electron chi connectivity index (χ1n) is 9.39. The summed E-state index contributed by atoms with van der Waals surface area (Å²) in [5, 5.41) is 3.99. The molecule has 2 aromatic carbocycles. The van der Waals surface area contributed by atoms with E-state index < -0.39 is 0 Å². The predicted molar refractivity (Wildman–Crippen MR) is 114 cm³/mol. The highest BCUT2D eigenvalue weighted by molar-refractivity contribution is 6.02. The van der Waals surface area contributed by atoms with Gasteiger partial charge in [0.1, 0.15) is 5.75 Å². The summed E-state index contributed by atoms with van der Waals surface area (Å²) in [5.41, 5.74) is 5.02. The van der Waals surface area contributed by atoms with Gasteiger partial charge >= 0.3 is 0 Å². The lowest BCUT2D eigenvalue weighted by molar-refractivity contribution is -0.120. The Morgan fingerprint density at radius 2 is 1.89 bits per heavy atom. The molecule has 0 aliphatic heterocycles. The van der Waals surface area contributed by atoms with Gasteiger partial charge < -0.3 is 10.1 Å². The van der Waals surface area contributed by atoms with E-state index in [4.69, 9.17) is 4.74 Å². The third-order valence-electron chi connectivity index (χ3n) is 5.10. The van der Waals surface area contributed by atoms with Crippen molar-refractivity contribution in [3.8, 4) is 5.75 Å². The third-order valence-corrected chi connectivity index (χ3v) is 5.10. The smallest absolute Gasteiger partial charge is 0.241 e. The maximum absolute atomic E-state index is 12.8. The van der Waals surface area contributed by atoms with Gasteiger partial charge in [-0.25, -0.2) is 0 Å². The molecule has 0 aliphatic rings. The minimum absolute atomic E-state index is 0.0409. The molecule has 1 heterocycles. The summed E-state index contributed by atoms with van der Waals surface area (Å²) in [7, 11) is 3.65. The van der Waals surface area contributed by atoms with E-state index >= 15 is 0 Å². The number of likely N-dealkylation sites (N-methyl/N-ethyl adjacent to an activating group) is 1. The van der Waals surface area contributed by atoms with Crippen molar-refractivity contribution >= 4 is 22.5 Å². The molecular formula is C23H27N3O2. The SMILES string of the molecule is COc1c(C)cc(CN(C)C(C)C(=O)Nc2cccc3ncccc23)cc1C. The molecule has 0 radical (unpaired) electrons. The van der Waals surface area contributed by atoms with E-state index in [9.17, 15) is 4.79 Å². The zero-order valence-electron chi connectivity index (χ0n) is 17.1. The van der Waals surface area contributed by atoms with Crippen LogP contribution in [0, 0.1) is 13.8 Å². The number of anilines is 1. The molecule has 5 heteroatoms. The fourth-order valence-electron chi connectivity index (χ4n) is 3.53. The minimum atomic E-state index is -0.283. The quantitative estimate of drug-likeness (QED) is 0.695. The van der Waals surface area contributed by atoms with Crippen molar-refractivity contribution in [2.24, 2.45) is 0 Å². The first kappa shape index (κ1) is 19.8. The van der Waals surface area contributed by atoms with Gasteiger partial charge in [-0.15, -0.1) is 0 Å². The number of pyridine rings is 1. The molecule has 0 saturated heterocycles. The van der Waals surface area contributed by atoms with E-state index in [0.717, 1.165) is 39.0 Å². The number of hydrogen-bond acceptors (Lipinski definition) is 4. The van der Waals surface area contributed by atoms with E-state index in [1.165, 1.54) is 0 Å². The number of fused-ring (bicyclic) bond motifs is 1. The summed E-state index contributed by atoms with van der Waals surface area (Å²) in [6.45, 7) is 6.68. The van der Waals surface area contributed by atoms with E-state index in [1.54, 1.807) is 13.3 Å². The first-order valence-corrected chi connectivity index (χ1v) is 9.39. The number of carbonyl (C=O) groups is 1. The van der Waals surface area contributed by atoms with Crippen LogP contribution in [0.4, 0.5) is 5.69 Å². The highest BCUT2D eigenvalue weighted by atomic mass is 16.5. The van der Waals surface area contributed by atoms with Gasteiger partial charge in [-0.3, -0.25) is 14.7 Å². The molecule has 28 heavy (non-hydrogen) atoms. The standard InChI is InChI=1S/C23H27N3O2/c1-15-12-18(13-16(2)22(15)28-5)14-26(4)17(3)23(27)25-21-10-6-9-20-19(21)8-7-11-24-20/h6-13,17H,14H2,1-5H3,(H,25,27). The first-order chi connectivity index (χ1) is 13.4. The van der Waals surface area contributed by atoms with Gasteiger partial charge in [0.25, 0.3) is 0 Å². The third kappa shape index (κ3) is 4.15. The van der Waals surface area contributed by atoms with Crippen LogP contribution in [0.15, 0.2) is 48.7 Å². The number of nitrogens with one attached hydrogen (secondary N) is 1. The van der Waals surface area contributed by atoms with Crippen LogP contribution in [0.1, 0.15) is 23.6 Å². The van der Waals surface area contributed by atoms with E-state index in [1.807, 2.05) is 63.1 Å². The normalized spacial score (nSPS) is 12.2. The van der Waals surface area contributed by atoms with Crippen molar-refractivity contribution in [3.05, 3.63) is 65.4 Å². The van der Waals surface area contributed by atoms with Gasteiger partial charge in [-0.2, -0.15) is 0 Å². The maximum atomic E-state index is 12.8. The number of rotatable bonds is 6. The zero-order chi connectivity index (χ0) is 20.3. The molecule has 1 atom stereocenters. The Morgan fingerprint density at radius 1 is 1.18 bits per heavy atom. The lowest BCUT2D eigenvalue weighted by Crippen LogP contribution is -2.39. The number of carbonyl (C=O) groups excluding carboxylic acids is 1. The Kier molecular flexibility index (Phi) is 5.95. The number of benzene rings is 2. The molecule has 0 fully saturated rings. The van der Waals surface area contributed by atoms with Gasteiger partial charge in [0.15, 0.2) is 0 Å². The maximum Gasteiger partial charge on any atom is 0.241 e. The molecule has 0 saturated carbocycles. The van der Waals surface area contributed by atoms with E-state index in [2.05, 4.69) is 22.4 Å². The largest absolute Gasteiger partial charge is 0.496 e. The number of nitrogens with zero attached hydrogens (tertiary/aromatic N) is 2. The van der Waals surface area contributed by atoms with Crippen LogP contribution >= 0.6 is 0 Å². The van der Waals surface area contributed by atoms with Gasteiger partial charge in [0.2, 0.25) is 5.91 Å². The lowest BCUT2D eigenvalue weighted by atomic mass is 10.0. The fraction of sp³-hybridized carbons (Fsp3) is 0.304. The lowest BCUT2D eigenvalue weighted by Gasteiger charge is -2.25. The van der Waals surface area contributed by atoms with Crippen LogP contribution in [0.25, 0.3) is 10.9 Å². The van der Waals surface area contributed by atoms with Gasteiger partial charge in [-0.1, -0.05) is 18.2 Å². The Morgan fingerprint density at radius 3 is 2.57 bits per heavy atom. The van der Waals surface area contributed by atoms with Gasteiger partial charge in [0.05, 0.1) is 24.4 Å². The summed E-state index contributed by atoms with van der Waals surface area (Å²) in [6.07, 6.45) is 1.75. The Labute approximate surface area is 166 Å². The molecule has 1 aromatic heterocycles. The molecule has 5 nitrogen and oxygen atoms in total. The van der Waals surface area contributed by atoms with Crippen LogP contribution in [-0.4, -0.2) is 36.0 Å². The topological polar surface area (TPSA) is 54.5 Å². The van der Waals surface area contributed by atoms with Crippen molar-refractivity contribution in [1.29, 1.82) is 0 Å². The van der Waals surface area contributed by atoms with E-state index in [-0.39, 0.29) is 11.9 Å². The van der Waals surface area contributed by atoms with Crippen molar-refractivity contribution in [3.63, 3.8) is 0 Å². The molecule has 146 valence electrons. The second kappa shape index (κ2) is 8.40. The molecule has 3 aromatic rings. The van der Waals surface area contributed by atoms with E-state index in [0.29, 0.717) is 6.54 Å². The number of ether oxygens (including phenoxy) is 1. The summed E-state index contributed by atoms with van der Waals surface area (Å²) in [4.78, 5) is 19.2. The molecule has 0 bridgehead atoms. The van der Waals surface area contributed by atoms with Crippen LogP contribution in [-0.2, 0) is 11.3 Å². The molecule has 1 amide bonds. The highest BCUT2D eigenvalue weighted by Gasteiger charge is 2.19. The molecular weight excluding hydrogens is 350 g/mol. The Bertz CT molecular complexity index is 972. The number of aryl methyl sites for hydroxylation is 2. The Balaban J connectivity index is 1.72. The molecule has 0 aliphatic carbocycles. The average molecular weight is 377 g/mol. The summed E-state index contributed by atoms with van der Waals surface area (Å²) in [6, 6.07) is 13.5. The van der Waals surface area contributed by atoms with Crippen molar-refractivity contribution in [1.82, 2.24) is 9.88 Å². The monoisotopic (exact) mass is 377 g/mol. The van der Waals surface area contributed by atoms with Gasteiger partial charge in [-0.05, 0) is 68.8 Å². The predicted octanol–water partition coefficient (Wildman–Crippen LogP) is 4.32. The number of amides is 1. The number of aromatic nitrogens is 1. The molecule has 3 rings (SSSR count). The summed E-state index contributed by atoms with van der Waals surface area (Å²) >= 11 is 0. The van der Waals surface area contributed by atoms with Gasteiger partial charge in [0, 0.05) is 18.1 Å². The second-order valence-corrected chi connectivity index (χ2v) is 7.22. The van der Waals surface area contributed by atoms with Crippen LogP contribution in [0.3, 0.4) is 0 Å². The molecule has 0 spiro atoms. The van der Waals surface area contributed by atoms with Crippen LogP contribution in [0.5, 0.6) is 5.75 Å². The van der Waals surface area contributed by atoms with Crippen LogP contribution in [0.2, 0.25) is 0 Å². The fourth-order valence-corrected chi connectivity index (χ4v) is 3.53. The van der Waals surface area contributed by atoms with Crippen molar-refractivity contribution in [2.75, 3.05) is 19.5 Å². The zero-order valence-corrected chi connectivity index (χ0v) is 17.1. The molecule has 1 unspecified atom stereocenters.